The molecule has 0 aromatic heterocycles. The van der Waals surface area contributed by atoms with Gasteiger partial charge in [-0.15, -0.1) is 0 Å². The zero-order valence-corrected chi connectivity index (χ0v) is 18.5. The summed E-state index contributed by atoms with van der Waals surface area (Å²) < 4.78 is 12.1. The second-order valence-corrected chi connectivity index (χ2v) is 8.37. The molecule has 2 heterocycles. The first-order chi connectivity index (χ1) is 15.4. The molecule has 1 unspecified atom stereocenters. The zero-order valence-electron chi connectivity index (χ0n) is 16.9. The van der Waals surface area contributed by atoms with Gasteiger partial charge in [-0.05, 0) is 31.2 Å². The Morgan fingerprint density at radius 2 is 1.59 bits per heavy atom. The van der Waals surface area contributed by atoms with E-state index in [9.17, 15) is 14.4 Å². The number of aryl methyl sites for hydroxylation is 1. The number of hydrogen-bond donors (Lipinski definition) is 0. The molecule has 7 heteroatoms. The summed E-state index contributed by atoms with van der Waals surface area (Å²) in [7, 11) is 0. The smallest absolute Gasteiger partial charge is 0.361 e. The van der Waals surface area contributed by atoms with Crippen molar-refractivity contribution < 1.29 is 23.9 Å². The van der Waals surface area contributed by atoms with E-state index in [0.717, 1.165) is 10.0 Å². The summed E-state index contributed by atoms with van der Waals surface area (Å²) >= 11 is 3.40. The number of nitrogens with zero attached hydrogens (tertiary/aromatic N) is 1. The molecular formula is C25H16BrNO5. The highest BCUT2D eigenvalue weighted by Gasteiger charge is 2.47. The van der Waals surface area contributed by atoms with Crippen molar-refractivity contribution in [2.24, 2.45) is 0 Å². The molecule has 32 heavy (non-hydrogen) atoms. The summed E-state index contributed by atoms with van der Waals surface area (Å²) in [6.45, 7) is 1.89. The fourth-order valence-electron chi connectivity index (χ4n) is 3.78. The Hall–Kier alpha value is -3.71. The number of anilines is 1. The number of halogens is 1. The molecule has 0 N–H and O–H groups in total. The number of ketones is 1. The van der Waals surface area contributed by atoms with Gasteiger partial charge < -0.3 is 9.47 Å². The Bertz CT molecular complexity index is 1290. The molecule has 0 radical (unpaired) electrons. The van der Waals surface area contributed by atoms with Gasteiger partial charge in [-0.1, -0.05) is 70.0 Å². The van der Waals surface area contributed by atoms with Gasteiger partial charge in [-0.25, -0.2) is 9.59 Å². The maximum absolute atomic E-state index is 13.3. The van der Waals surface area contributed by atoms with E-state index in [-0.39, 0.29) is 16.8 Å². The van der Waals surface area contributed by atoms with Crippen LogP contribution in [0.25, 0.3) is 0 Å². The largest absolute Gasteiger partial charge is 0.433 e. The van der Waals surface area contributed by atoms with Crippen molar-refractivity contribution in [1.29, 1.82) is 0 Å². The SMILES string of the molecule is Cc1ccc(C(=O)C2=C3C(=O)Oc4ccccc4N3C(c3ccc(Br)cc3)OC2=O)cc1. The van der Waals surface area contributed by atoms with Crippen molar-refractivity contribution in [3.8, 4) is 5.75 Å². The lowest BCUT2D eigenvalue weighted by atomic mass is 9.96. The van der Waals surface area contributed by atoms with Gasteiger partial charge in [-0.3, -0.25) is 9.69 Å². The van der Waals surface area contributed by atoms with Crippen LogP contribution in [0.15, 0.2) is 88.5 Å². The van der Waals surface area contributed by atoms with Gasteiger partial charge in [-0.2, -0.15) is 0 Å². The molecule has 0 spiro atoms. The van der Waals surface area contributed by atoms with Gasteiger partial charge in [0.15, 0.2) is 11.4 Å². The molecule has 0 aliphatic carbocycles. The number of hydrogen-bond acceptors (Lipinski definition) is 6. The van der Waals surface area contributed by atoms with Crippen LogP contribution >= 0.6 is 15.9 Å². The van der Waals surface area contributed by atoms with Crippen molar-refractivity contribution in [1.82, 2.24) is 0 Å². The topological polar surface area (TPSA) is 72.9 Å². The predicted molar refractivity (Wildman–Crippen MR) is 120 cm³/mol. The Balaban J connectivity index is 1.72. The third-order valence-corrected chi connectivity index (χ3v) is 5.88. The number of carbonyl (C=O) groups excluding carboxylic acids is 3. The monoisotopic (exact) mass is 489 g/mol. The van der Waals surface area contributed by atoms with Crippen LogP contribution in [0.1, 0.15) is 27.7 Å². The zero-order chi connectivity index (χ0) is 22.4. The number of Topliss-reactive ketones (excluding diaryl/α,β-unsaturated/α-hetero) is 1. The van der Waals surface area contributed by atoms with Gasteiger partial charge in [0, 0.05) is 15.6 Å². The second kappa shape index (κ2) is 7.76. The summed E-state index contributed by atoms with van der Waals surface area (Å²) in [5, 5.41) is 0. The number of benzene rings is 3. The highest BCUT2D eigenvalue weighted by Crippen LogP contribution is 2.45. The molecule has 1 atom stereocenters. The third kappa shape index (κ3) is 3.31. The molecule has 3 aromatic carbocycles. The van der Waals surface area contributed by atoms with Gasteiger partial charge in [0.2, 0.25) is 12.0 Å². The second-order valence-electron chi connectivity index (χ2n) is 7.46. The minimum absolute atomic E-state index is 0.126. The fraction of sp³-hybridized carbons (Fsp3) is 0.0800. The summed E-state index contributed by atoms with van der Waals surface area (Å²) in [6.07, 6.45) is -0.936. The molecule has 6 nitrogen and oxygen atoms in total. The maximum atomic E-state index is 13.3. The molecule has 0 amide bonds. The molecule has 2 aliphatic rings. The minimum atomic E-state index is -0.936. The van der Waals surface area contributed by atoms with Crippen molar-refractivity contribution in [3.63, 3.8) is 0 Å². The first-order valence-corrected chi connectivity index (χ1v) is 10.7. The molecule has 3 aromatic rings. The van der Waals surface area contributed by atoms with E-state index in [1.807, 2.05) is 19.1 Å². The van der Waals surface area contributed by atoms with Crippen molar-refractivity contribution >= 4 is 39.3 Å². The van der Waals surface area contributed by atoms with E-state index in [1.54, 1.807) is 65.6 Å². The first-order valence-electron chi connectivity index (χ1n) is 9.86. The highest BCUT2D eigenvalue weighted by molar-refractivity contribution is 9.10. The number of ether oxygens (including phenoxy) is 2. The average Bonchev–Trinajstić information content (AvgIpc) is 2.79. The van der Waals surface area contributed by atoms with E-state index in [1.165, 1.54) is 0 Å². The number of cyclic esters (lactones) is 1. The number of carbonyl (C=O) groups is 3. The number of para-hydroxylation sites is 2. The minimum Gasteiger partial charge on any atom is -0.433 e. The predicted octanol–water partition coefficient (Wildman–Crippen LogP) is 4.88. The van der Waals surface area contributed by atoms with Crippen LogP contribution in [-0.4, -0.2) is 17.7 Å². The molecule has 158 valence electrons. The van der Waals surface area contributed by atoms with Gasteiger partial charge in [0.05, 0.1) is 5.69 Å². The molecular weight excluding hydrogens is 474 g/mol. The Morgan fingerprint density at radius 3 is 2.31 bits per heavy atom. The number of fused-ring (bicyclic) bond motifs is 3. The normalized spacial score (nSPS) is 17.3. The average molecular weight is 490 g/mol. The Kier molecular flexibility index (Phi) is 4.90. The summed E-state index contributed by atoms with van der Waals surface area (Å²) in [5.41, 5.74) is 1.94. The quantitative estimate of drug-likeness (QED) is 0.226. The Morgan fingerprint density at radius 1 is 0.906 bits per heavy atom. The lowest BCUT2D eigenvalue weighted by Crippen LogP contribution is -2.46. The number of esters is 2. The standard InChI is InChI=1S/C25H16BrNO5/c1-14-6-8-15(9-7-14)22(28)20-21-25(30)31-19-5-3-2-4-18(19)27(21)23(32-24(20)29)16-10-12-17(26)13-11-16/h2-13,23H,1H3. The van der Waals surface area contributed by atoms with Crippen LogP contribution < -0.4 is 9.64 Å². The molecule has 5 rings (SSSR count). The first kappa shape index (κ1) is 20.2. The number of rotatable bonds is 3. The van der Waals surface area contributed by atoms with Crippen LogP contribution in [0, 0.1) is 6.92 Å². The Labute approximate surface area is 192 Å². The molecule has 0 fully saturated rings. The van der Waals surface area contributed by atoms with Gasteiger partial charge in [0.1, 0.15) is 5.57 Å². The van der Waals surface area contributed by atoms with Crippen LogP contribution in [0.3, 0.4) is 0 Å². The van der Waals surface area contributed by atoms with Crippen molar-refractivity contribution in [3.05, 3.63) is 105 Å². The lowest BCUT2D eigenvalue weighted by Gasteiger charge is -2.41. The molecule has 2 aliphatic heterocycles. The summed E-state index contributed by atoms with van der Waals surface area (Å²) in [4.78, 5) is 41.1. The van der Waals surface area contributed by atoms with Crippen molar-refractivity contribution in [2.45, 2.75) is 13.2 Å². The molecule has 0 saturated heterocycles. The molecule has 0 bridgehead atoms. The highest BCUT2D eigenvalue weighted by atomic mass is 79.9. The van der Waals surface area contributed by atoms with Crippen LogP contribution in [0.5, 0.6) is 5.75 Å². The van der Waals surface area contributed by atoms with Gasteiger partial charge >= 0.3 is 11.9 Å². The van der Waals surface area contributed by atoms with E-state index < -0.39 is 23.9 Å². The van der Waals surface area contributed by atoms with Crippen LogP contribution in [0.2, 0.25) is 0 Å². The van der Waals surface area contributed by atoms with Crippen LogP contribution in [0.4, 0.5) is 5.69 Å². The third-order valence-electron chi connectivity index (χ3n) is 5.35. The fourth-order valence-corrected chi connectivity index (χ4v) is 4.04. The molecule has 0 saturated carbocycles. The van der Waals surface area contributed by atoms with Crippen LogP contribution in [-0.2, 0) is 14.3 Å². The summed E-state index contributed by atoms with van der Waals surface area (Å²) in [6, 6.07) is 20.9. The summed E-state index contributed by atoms with van der Waals surface area (Å²) in [5.74, 6) is -1.92. The van der Waals surface area contributed by atoms with E-state index in [0.29, 0.717) is 17.0 Å². The maximum Gasteiger partial charge on any atom is 0.361 e. The van der Waals surface area contributed by atoms with Crippen molar-refractivity contribution in [2.75, 3.05) is 4.90 Å². The van der Waals surface area contributed by atoms with Gasteiger partial charge in [0.25, 0.3) is 0 Å². The lowest BCUT2D eigenvalue weighted by molar-refractivity contribution is -0.148. The van der Waals surface area contributed by atoms with E-state index >= 15 is 0 Å². The van der Waals surface area contributed by atoms with E-state index in [2.05, 4.69) is 15.9 Å². The van der Waals surface area contributed by atoms with E-state index in [4.69, 9.17) is 9.47 Å².